The van der Waals surface area contributed by atoms with Gasteiger partial charge in [0.25, 0.3) is 0 Å². The van der Waals surface area contributed by atoms with Crippen LogP contribution in [0.1, 0.15) is 51.4 Å². The van der Waals surface area contributed by atoms with E-state index in [1.165, 1.54) is 32.1 Å². The highest BCUT2D eigenvalue weighted by atomic mass is 16.3. The lowest BCUT2D eigenvalue weighted by Gasteiger charge is -2.37. The molecule has 0 aliphatic heterocycles. The zero-order valence-electron chi connectivity index (χ0n) is 9.89. The molecular formula is C13H24O3. The monoisotopic (exact) mass is 228 g/mol. The second-order valence-electron chi connectivity index (χ2n) is 5.66. The number of aliphatic hydroxyl groups is 3. The maximum absolute atomic E-state index is 9.92. The van der Waals surface area contributed by atoms with Crippen LogP contribution in [-0.4, -0.2) is 33.6 Å². The minimum absolute atomic E-state index is 0.00787. The van der Waals surface area contributed by atoms with Gasteiger partial charge in [-0.15, -0.1) is 0 Å². The van der Waals surface area contributed by atoms with Crippen molar-refractivity contribution in [2.24, 2.45) is 11.8 Å². The first-order valence-corrected chi connectivity index (χ1v) is 6.71. The van der Waals surface area contributed by atoms with Gasteiger partial charge in [0.05, 0.1) is 18.3 Å². The molecule has 0 radical (unpaired) electrons. The molecule has 0 saturated heterocycles. The molecule has 0 heterocycles. The molecule has 2 fully saturated rings. The lowest BCUT2D eigenvalue weighted by atomic mass is 9.74. The summed E-state index contributed by atoms with van der Waals surface area (Å²) in [5.41, 5.74) is 0. The Labute approximate surface area is 97.5 Å². The van der Waals surface area contributed by atoms with Crippen LogP contribution in [0.4, 0.5) is 0 Å². The second kappa shape index (κ2) is 5.48. The molecular weight excluding hydrogens is 204 g/mol. The third-order valence-corrected chi connectivity index (χ3v) is 4.35. The Hall–Kier alpha value is -0.120. The van der Waals surface area contributed by atoms with Gasteiger partial charge in [-0.2, -0.15) is 0 Å². The predicted octanol–water partition coefficient (Wildman–Crippen LogP) is 1.45. The summed E-state index contributed by atoms with van der Waals surface area (Å²) in [6.07, 6.45) is 6.70. The summed E-state index contributed by atoms with van der Waals surface area (Å²) >= 11 is 0. The third-order valence-electron chi connectivity index (χ3n) is 4.35. The molecule has 0 amide bonds. The standard InChI is InChI=1S/C13H24O3/c14-10-7-12(15)11(13(16)8-10)6-9-4-2-1-3-5-9/h9-16H,1-8H2. The van der Waals surface area contributed by atoms with Gasteiger partial charge in [0.15, 0.2) is 0 Å². The lowest BCUT2D eigenvalue weighted by molar-refractivity contribution is -0.0802. The molecule has 2 rings (SSSR count). The van der Waals surface area contributed by atoms with Gasteiger partial charge in [0.1, 0.15) is 0 Å². The molecule has 0 aromatic rings. The molecule has 94 valence electrons. The molecule has 2 unspecified atom stereocenters. The summed E-state index contributed by atoms with van der Waals surface area (Å²) in [5, 5.41) is 29.3. The first kappa shape index (κ1) is 12.3. The summed E-state index contributed by atoms with van der Waals surface area (Å²) in [6.45, 7) is 0. The molecule has 3 N–H and O–H groups in total. The van der Waals surface area contributed by atoms with E-state index in [-0.39, 0.29) is 5.92 Å². The molecule has 0 aromatic heterocycles. The third kappa shape index (κ3) is 2.96. The van der Waals surface area contributed by atoms with Crippen molar-refractivity contribution in [2.45, 2.75) is 69.7 Å². The highest BCUT2D eigenvalue weighted by Gasteiger charge is 2.36. The first-order chi connectivity index (χ1) is 7.66. The van der Waals surface area contributed by atoms with E-state index in [1.807, 2.05) is 0 Å². The number of aliphatic hydroxyl groups excluding tert-OH is 3. The van der Waals surface area contributed by atoms with Gasteiger partial charge in [-0.3, -0.25) is 0 Å². The number of rotatable bonds is 2. The Morgan fingerprint density at radius 2 is 1.38 bits per heavy atom. The minimum Gasteiger partial charge on any atom is -0.393 e. The molecule has 2 saturated carbocycles. The highest BCUT2D eigenvalue weighted by Crippen LogP contribution is 2.35. The molecule has 3 nitrogen and oxygen atoms in total. The van der Waals surface area contributed by atoms with Gasteiger partial charge in [-0.05, 0) is 25.2 Å². The van der Waals surface area contributed by atoms with Gasteiger partial charge < -0.3 is 15.3 Å². The molecule has 0 bridgehead atoms. The van der Waals surface area contributed by atoms with Crippen LogP contribution in [0.15, 0.2) is 0 Å². The number of hydrogen-bond donors (Lipinski definition) is 3. The van der Waals surface area contributed by atoms with Gasteiger partial charge in [-0.1, -0.05) is 32.1 Å². The predicted molar refractivity (Wildman–Crippen MR) is 61.9 cm³/mol. The van der Waals surface area contributed by atoms with Crippen LogP contribution in [0.2, 0.25) is 0 Å². The van der Waals surface area contributed by atoms with Gasteiger partial charge in [-0.25, -0.2) is 0 Å². The molecule has 16 heavy (non-hydrogen) atoms. The van der Waals surface area contributed by atoms with E-state index in [4.69, 9.17) is 0 Å². The summed E-state index contributed by atoms with van der Waals surface area (Å²) in [6, 6.07) is 0. The second-order valence-corrected chi connectivity index (χ2v) is 5.66. The largest absolute Gasteiger partial charge is 0.393 e. The first-order valence-electron chi connectivity index (χ1n) is 6.71. The van der Waals surface area contributed by atoms with E-state index in [9.17, 15) is 15.3 Å². The van der Waals surface area contributed by atoms with E-state index in [1.54, 1.807) is 0 Å². The highest BCUT2D eigenvalue weighted by molar-refractivity contribution is 4.87. The van der Waals surface area contributed by atoms with E-state index >= 15 is 0 Å². The minimum atomic E-state index is -0.521. The van der Waals surface area contributed by atoms with Crippen LogP contribution in [0, 0.1) is 11.8 Å². The van der Waals surface area contributed by atoms with E-state index in [0.717, 1.165) is 6.42 Å². The fraction of sp³-hybridized carbons (Fsp3) is 1.00. The zero-order chi connectivity index (χ0) is 11.5. The summed E-state index contributed by atoms with van der Waals surface area (Å²) in [5.74, 6) is 0.671. The van der Waals surface area contributed by atoms with Crippen LogP contribution in [0.25, 0.3) is 0 Å². The van der Waals surface area contributed by atoms with Gasteiger partial charge in [0.2, 0.25) is 0 Å². The van der Waals surface area contributed by atoms with Crippen molar-refractivity contribution < 1.29 is 15.3 Å². The van der Waals surface area contributed by atoms with Crippen molar-refractivity contribution in [2.75, 3.05) is 0 Å². The summed E-state index contributed by atoms with van der Waals surface area (Å²) in [4.78, 5) is 0. The van der Waals surface area contributed by atoms with E-state index in [0.29, 0.717) is 18.8 Å². The molecule has 0 spiro atoms. The molecule has 3 heteroatoms. The van der Waals surface area contributed by atoms with Crippen LogP contribution < -0.4 is 0 Å². The Bertz CT molecular complexity index is 201. The van der Waals surface area contributed by atoms with Crippen LogP contribution in [0.3, 0.4) is 0 Å². The molecule has 2 aliphatic rings. The van der Waals surface area contributed by atoms with Crippen molar-refractivity contribution >= 4 is 0 Å². The maximum Gasteiger partial charge on any atom is 0.0617 e. The van der Waals surface area contributed by atoms with Gasteiger partial charge >= 0.3 is 0 Å². The fourth-order valence-electron chi connectivity index (χ4n) is 3.38. The Morgan fingerprint density at radius 3 is 1.94 bits per heavy atom. The smallest absolute Gasteiger partial charge is 0.0617 e. The van der Waals surface area contributed by atoms with E-state index < -0.39 is 18.3 Å². The topological polar surface area (TPSA) is 60.7 Å². The van der Waals surface area contributed by atoms with Crippen molar-refractivity contribution in [1.29, 1.82) is 0 Å². The quantitative estimate of drug-likeness (QED) is 0.670. The lowest BCUT2D eigenvalue weighted by Crippen LogP contribution is -2.43. The summed E-state index contributed by atoms with van der Waals surface area (Å²) < 4.78 is 0. The average Bonchev–Trinajstić information content (AvgIpc) is 2.25. The fourth-order valence-corrected chi connectivity index (χ4v) is 3.38. The summed E-state index contributed by atoms with van der Waals surface area (Å²) in [7, 11) is 0. The van der Waals surface area contributed by atoms with Crippen LogP contribution >= 0.6 is 0 Å². The van der Waals surface area contributed by atoms with Crippen molar-refractivity contribution in [3.8, 4) is 0 Å². The normalized spacial score (nSPS) is 42.2. The van der Waals surface area contributed by atoms with Crippen molar-refractivity contribution in [1.82, 2.24) is 0 Å². The SMILES string of the molecule is OC1CC(O)C(CC2CCCCC2)C(O)C1. The Morgan fingerprint density at radius 1 is 0.812 bits per heavy atom. The average molecular weight is 228 g/mol. The van der Waals surface area contributed by atoms with Crippen LogP contribution in [0.5, 0.6) is 0 Å². The Balaban J connectivity index is 1.86. The number of hydrogen-bond acceptors (Lipinski definition) is 3. The van der Waals surface area contributed by atoms with Crippen molar-refractivity contribution in [3.05, 3.63) is 0 Å². The van der Waals surface area contributed by atoms with Gasteiger partial charge in [0, 0.05) is 5.92 Å². The zero-order valence-corrected chi connectivity index (χ0v) is 9.89. The van der Waals surface area contributed by atoms with Crippen molar-refractivity contribution in [3.63, 3.8) is 0 Å². The maximum atomic E-state index is 9.92. The molecule has 2 atom stereocenters. The molecule has 2 aliphatic carbocycles. The van der Waals surface area contributed by atoms with E-state index in [2.05, 4.69) is 0 Å². The van der Waals surface area contributed by atoms with Crippen LogP contribution in [-0.2, 0) is 0 Å². The molecule has 0 aromatic carbocycles. The Kier molecular flexibility index (Phi) is 4.22.